The molecule has 1 N–H and O–H groups in total. The first-order valence-corrected chi connectivity index (χ1v) is 6.70. The average Bonchev–Trinajstić information content (AvgIpc) is 2.21. The fourth-order valence-electron chi connectivity index (χ4n) is 2.00. The average molecular weight is 286 g/mol. The molecule has 1 nitrogen and oxygen atoms in total. The Labute approximate surface area is 105 Å². The van der Waals surface area contributed by atoms with E-state index >= 15 is 0 Å². The first kappa shape index (κ1) is 12.1. The topological polar surface area (TPSA) is 12.0 Å². The first-order valence-electron chi connectivity index (χ1n) is 5.91. The number of benzene rings is 1. The van der Waals surface area contributed by atoms with Crippen LogP contribution in [0.2, 0.25) is 0 Å². The summed E-state index contributed by atoms with van der Waals surface area (Å²) in [5, 5.41) is 3.37. The summed E-state index contributed by atoms with van der Waals surface area (Å²) in [4.78, 5) is 0. The molecule has 0 amide bonds. The highest BCUT2D eigenvalue weighted by Crippen LogP contribution is 2.28. The summed E-state index contributed by atoms with van der Waals surface area (Å²) < 4.78 is 13.8. The number of hydrogen-bond acceptors (Lipinski definition) is 1. The van der Waals surface area contributed by atoms with Crippen molar-refractivity contribution >= 4 is 15.9 Å². The van der Waals surface area contributed by atoms with E-state index in [1.807, 2.05) is 6.07 Å². The number of halogens is 2. The van der Waals surface area contributed by atoms with Gasteiger partial charge in [0, 0.05) is 6.54 Å². The van der Waals surface area contributed by atoms with E-state index in [4.69, 9.17) is 0 Å². The summed E-state index contributed by atoms with van der Waals surface area (Å²) in [6.07, 6.45) is 5.45. The van der Waals surface area contributed by atoms with Crippen molar-refractivity contribution in [3.05, 3.63) is 34.1 Å². The van der Waals surface area contributed by atoms with Crippen LogP contribution in [0.5, 0.6) is 0 Å². The SMILES string of the molecule is Fc1cccc(CNCCC2CCC2)c1Br. The quantitative estimate of drug-likeness (QED) is 0.810. The van der Waals surface area contributed by atoms with Crippen LogP contribution in [0.3, 0.4) is 0 Å². The van der Waals surface area contributed by atoms with Crippen LogP contribution in [0.4, 0.5) is 4.39 Å². The Hall–Kier alpha value is -0.410. The summed E-state index contributed by atoms with van der Waals surface area (Å²) in [5.41, 5.74) is 0.994. The minimum Gasteiger partial charge on any atom is -0.313 e. The van der Waals surface area contributed by atoms with Crippen molar-refractivity contribution in [1.82, 2.24) is 5.32 Å². The number of rotatable bonds is 5. The summed E-state index contributed by atoms with van der Waals surface area (Å²) >= 11 is 3.27. The van der Waals surface area contributed by atoms with Crippen molar-refractivity contribution in [1.29, 1.82) is 0 Å². The molecule has 0 radical (unpaired) electrons. The van der Waals surface area contributed by atoms with Crippen molar-refractivity contribution < 1.29 is 4.39 Å². The van der Waals surface area contributed by atoms with Crippen LogP contribution >= 0.6 is 15.9 Å². The molecule has 0 aromatic heterocycles. The zero-order chi connectivity index (χ0) is 11.4. The lowest BCUT2D eigenvalue weighted by Crippen LogP contribution is -2.21. The van der Waals surface area contributed by atoms with Gasteiger partial charge in [-0.05, 0) is 46.4 Å². The highest BCUT2D eigenvalue weighted by atomic mass is 79.9. The second-order valence-electron chi connectivity index (χ2n) is 4.48. The zero-order valence-corrected chi connectivity index (χ0v) is 10.9. The maximum absolute atomic E-state index is 13.2. The van der Waals surface area contributed by atoms with Gasteiger partial charge in [-0.2, -0.15) is 0 Å². The van der Waals surface area contributed by atoms with E-state index in [1.54, 1.807) is 6.07 Å². The molecule has 0 bridgehead atoms. The second kappa shape index (κ2) is 5.78. The molecule has 16 heavy (non-hydrogen) atoms. The Morgan fingerprint density at radius 3 is 2.88 bits per heavy atom. The molecule has 1 aliphatic rings. The zero-order valence-electron chi connectivity index (χ0n) is 9.31. The fraction of sp³-hybridized carbons (Fsp3) is 0.538. The predicted octanol–water partition coefficient (Wildman–Crippen LogP) is 3.87. The molecule has 88 valence electrons. The predicted molar refractivity (Wildman–Crippen MR) is 67.8 cm³/mol. The van der Waals surface area contributed by atoms with Crippen molar-refractivity contribution in [2.45, 2.75) is 32.2 Å². The Kier molecular flexibility index (Phi) is 4.36. The van der Waals surface area contributed by atoms with E-state index in [0.29, 0.717) is 4.47 Å². The van der Waals surface area contributed by atoms with Gasteiger partial charge in [-0.15, -0.1) is 0 Å². The van der Waals surface area contributed by atoms with Gasteiger partial charge in [0.1, 0.15) is 5.82 Å². The van der Waals surface area contributed by atoms with Crippen LogP contribution < -0.4 is 5.32 Å². The van der Waals surface area contributed by atoms with E-state index in [9.17, 15) is 4.39 Å². The van der Waals surface area contributed by atoms with Gasteiger partial charge in [-0.3, -0.25) is 0 Å². The van der Waals surface area contributed by atoms with E-state index in [-0.39, 0.29) is 5.82 Å². The van der Waals surface area contributed by atoms with Crippen molar-refractivity contribution in [3.63, 3.8) is 0 Å². The highest BCUT2D eigenvalue weighted by molar-refractivity contribution is 9.10. The van der Waals surface area contributed by atoms with Crippen molar-refractivity contribution in [3.8, 4) is 0 Å². The molecule has 0 unspecified atom stereocenters. The lowest BCUT2D eigenvalue weighted by Gasteiger charge is -2.25. The van der Waals surface area contributed by atoms with Gasteiger partial charge in [0.25, 0.3) is 0 Å². The molecule has 1 aromatic carbocycles. The number of nitrogens with one attached hydrogen (secondary N) is 1. The maximum Gasteiger partial charge on any atom is 0.137 e. The lowest BCUT2D eigenvalue weighted by atomic mass is 9.83. The van der Waals surface area contributed by atoms with E-state index < -0.39 is 0 Å². The molecule has 0 saturated heterocycles. The van der Waals surface area contributed by atoms with Crippen LogP contribution in [0.25, 0.3) is 0 Å². The molecule has 0 atom stereocenters. The second-order valence-corrected chi connectivity index (χ2v) is 5.27. The Morgan fingerprint density at radius 1 is 1.38 bits per heavy atom. The lowest BCUT2D eigenvalue weighted by molar-refractivity contribution is 0.292. The van der Waals surface area contributed by atoms with E-state index in [1.165, 1.54) is 31.7 Å². The van der Waals surface area contributed by atoms with Crippen LogP contribution in [0, 0.1) is 11.7 Å². The minimum absolute atomic E-state index is 0.182. The molecule has 1 aromatic rings. The van der Waals surface area contributed by atoms with Gasteiger partial charge < -0.3 is 5.32 Å². The Bertz CT molecular complexity index is 350. The summed E-state index contributed by atoms with van der Waals surface area (Å²) in [5.74, 6) is 0.752. The molecule has 1 aliphatic carbocycles. The van der Waals surface area contributed by atoms with E-state index in [2.05, 4.69) is 21.2 Å². The van der Waals surface area contributed by atoms with Crippen LogP contribution in [-0.2, 0) is 6.54 Å². The van der Waals surface area contributed by atoms with Gasteiger partial charge in [-0.1, -0.05) is 31.4 Å². The van der Waals surface area contributed by atoms with Gasteiger partial charge in [0.15, 0.2) is 0 Å². The van der Waals surface area contributed by atoms with Crippen LogP contribution in [-0.4, -0.2) is 6.54 Å². The summed E-state index contributed by atoms with van der Waals surface area (Å²) in [6, 6.07) is 5.18. The highest BCUT2D eigenvalue weighted by Gasteiger charge is 2.16. The van der Waals surface area contributed by atoms with Gasteiger partial charge in [-0.25, -0.2) is 4.39 Å². The smallest absolute Gasteiger partial charge is 0.137 e. The molecule has 0 aliphatic heterocycles. The van der Waals surface area contributed by atoms with Gasteiger partial charge >= 0.3 is 0 Å². The van der Waals surface area contributed by atoms with Crippen molar-refractivity contribution in [2.24, 2.45) is 5.92 Å². The van der Waals surface area contributed by atoms with Gasteiger partial charge in [0.2, 0.25) is 0 Å². The molecule has 1 fully saturated rings. The normalized spacial score (nSPS) is 16.1. The standard InChI is InChI=1S/C13H17BrFN/c14-13-11(5-2-6-12(13)15)9-16-8-7-10-3-1-4-10/h2,5-6,10,16H,1,3-4,7-9H2. The minimum atomic E-state index is -0.182. The van der Waals surface area contributed by atoms with Crippen molar-refractivity contribution in [2.75, 3.05) is 6.54 Å². The first-order chi connectivity index (χ1) is 7.77. The summed E-state index contributed by atoms with van der Waals surface area (Å²) in [7, 11) is 0. The number of hydrogen-bond donors (Lipinski definition) is 1. The third-order valence-corrected chi connectivity index (χ3v) is 4.19. The Balaban J connectivity index is 1.73. The van der Waals surface area contributed by atoms with Crippen LogP contribution in [0.1, 0.15) is 31.2 Å². The molecular formula is C13H17BrFN. The molecule has 3 heteroatoms. The Morgan fingerprint density at radius 2 is 2.19 bits per heavy atom. The molecule has 0 spiro atoms. The molecule has 1 saturated carbocycles. The summed E-state index contributed by atoms with van der Waals surface area (Å²) in [6.45, 7) is 1.78. The fourth-order valence-corrected chi connectivity index (χ4v) is 2.40. The molecule has 0 heterocycles. The largest absolute Gasteiger partial charge is 0.313 e. The van der Waals surface area contributed by atoms with E-state index in [0.717, 1.165) is 24.6 Å². The molecule has 2 rings (SSSR count). The molecular weight excluding hydrogens is 269 g/mol. The monoisotopic (exact) mass is 285 g/mol. The third kappa shape index (κ3) is 3.05. The van der Waals surface area contributed by atoms with Gasteiger partial charge in [0.05, 0.1) is 4.47 Å². The maximum atomic E-state index is 13.2. The third-order valence-electron chi connectivity index (χ3n) is 3.30. The van der Waals surface area contributed by atoms with Crippen LogP contribution in [0.15, 0.2) is 22.7 Å².